The molecule has 3 aliphatic rings. The third-order valence-corrected chi connectivity index (χ3v) is 7.30. The van der Waals surface area contributed by atoms with E-state index in [2.05, 4.69) is 19.9 Å². The lowest BCUT2D eigenvalue weighted by atomic mass is 9.68. The lowest BCUT2D eigenvalue weighted by molar-refractivity contribution is -0.215. The van der Waals surface area contributed by atoms with Crippen molar-refractivity contribution in [1.82, 2.24) is 0 Å². The molecular weight excluding hydrogens is 438 g/mol. The van der Waals surface area contributed by atoms with Gasteiger partial charge in [0.15, 0.2) is 12.1 Å². The molecule has 0 bridgehead atoms. The molecule has 6 rings (SSSR count). The molecule has 0 N–H and O–H groups in total. The van der Waals surface area contributed by atoms with Crippen molar-refractivity contribution in [3.05, 3.63) is 106 Å². The van der Waals surface area contributed by atoms with Crippen molar-refractivity contribution in [2.45, 2.75) is 38.1 Å². The third kappa shape index (κ3) is 3.58. The van der Waals surface area contributed by atoms with Crippen molar-refractivity contribution in [3.63, 3.8) is 0 Å². The zero-order valence-corrected chi connectivity index (χ0v) is 19.7. The summed E-state index contributed by atoms with van der Waals surface area (Å²) < 4.78 is 18.0. The first-order valence-corrected chi connectivity index (χ1v) is 11.9. The molecular formula is C30H25NO4. The number of hydrogen-bond acceptors (Lipinski definition) is 5. The molecule has 0 saturated carbocycles. The van der Waals surface area contributed by atoms with Gasteiger partial charge < -0.3 is 14.2 Å². The maximum Gasteiger partial charge on any atom is 0.193 e. The van der Waals surface area contributed by atoms with Crippen LogP contribution in [0.3, 0.4) is 0 Å². The maximum atomic E-state index is 13.6. The van der Waals surface area contributed by atoms with Gasteiger partial charge in [0.25, 0.3) is 0 Å². The molecule has 0 amide bonds. The van der Waals surface area contributed by atoms with Gasteiger partial charge in [0.1, 0.15) is 11.9 Å². The molecule has 0 aromatic heterocycles. The summed E-state index contributed by atoms with van der Waals surface area (Å²) in [6, 6.07) is 23.4. The molecule has 5 heteroatoms. The SMILES string of the molecule is CC1(C)C2=C(C(=O)c3ccc(OC4COC(c5ccccc5)OC4)cc31)c1ccc(C#N)cc1C2. The standard InChI is InChI=1S/C30H25NO4/c1-30(2)25-14-21(35-22-16-33-29(34-17-22)19-6-4-3-5-7-19)9-11-24(25)28(32)27-23-10-8-18(15-31)12-20(23)13-26(27)30/h3-12,14,22,29H,13,16-17H2,1-2H3. The fraction of sp³-hybridized carbons (Fsp3) is 0.267. The molecule has 1 heterocycles. The molecule has 1 saturated heterocycles. The van der Waals surface area contributed by atoms with Crippen molar-refractivity contribution in [2.75, 3.05) is 13.2 Å². The molecule has 3 aromatic rings. The number of carbonyl (C=O) groups excluding carboxylic acids is 1. The van der Waals surface area contributed by atoms with Gasteiger partial charge in [0, 0.05) is 22.1 Å². The minimum Gasteiger partial charge on any atom is -0.486 e. The molecule has 1 fully saturated rings. The molecule has 1 aliphatic heterocycles. The van der Waals surface area contributed by atoms with Crippen LogP contribution in [-0.2, 0) is 21.3 Å². The van der Waals surface area contributed by atoms with Gasteiger partial charge in [0.2, 0.25) is 0 Å². The summed E-state index contributed by atoms with van der Waals surface area (Å²) in [5.41, 5.74) is 6.82. The molecule has 174 valence electrons. The van der Waals surface area contributed by atoms with E-state index in [1.807, 2.05) is 60.7 Å². The molecule has 2 aliphatic carbocycles. The molecule has 5 nitrogen and oxygen atoms in total. The molecule has 0 atom stereocenters. The number of allylic oxidation sites excluding steroid dienone is 2. The highest BCUT2D eigenvalue weighted by Gasteiger charge is 2.43. The summed E-state index contributed by atoms with van der Waals surface area (Å²) in [5, 5.41) is 9.30. The van der Waals surface area contributed by atoms with Crippen molar-refractivity contribution in [3.8, 4) is 11.8 Å². The van der Waals surface area contributed by atoms with Gasteiger partial charge in [0.05, 0.1) is 24.8 Å². The lowest BCUT2D eigenvalue weighted by Gasteiger charge is -2.35. The topological polar surface area (TPSA) is 68.6 Å². The number of carbonyl (C=O) groups is 1. The Morgan fingerprint density at radius 2 is 1.71 bits per heavy atom. The maximum absolute atomic E-state index is 13.6. The number of benzene rings is 3. The molecule has 0 unspecified atom stereocenters. The number of hydrogen-bond donors (Lipinski definition) is 0. The minimum absolute atomic E-state index is 0.0411. The van der Waals surface area contributed by atoms with E-state index < -0.39 is 0 Å². The van der Waals surface area contributed by atoms with E-state index >= 15 is 0 Å². The van der Waals surface area contributed by atoms with Gasteiger partial charge in [-0.15, -0.1) is 0 Å². The average molecular weight is 464 g/mol. The Bertz CT molecular complexity index is 1410. The second-order valence-corrected chi connectivity index (χ2v) is 9.82. The van der Waals surface area contributed by atoms with Crippen LogP contribution in [0, 0.1) is 11.3 Å². The first-order chi connectivity index (χ1) is 17.0. The van der Waals surface area contributed by atoms with E-state index in [9.17, 15) is 10.1 Å². The quantitative estimate of drug-likeness (QED) is 0.511. The van der Waals surface area contributed by atoms with Crippen molar-refractivity contribution in [1.29, 1.82) is 5.26 Å². The van der Waals surface area contributed by atoms with E-state index in [0.717, 1.165) is 33.4 Å². The van der Waals surface area contributed by atoms with Crippen LogP contribution in [0.25, 0.3) is 5.57 Å². The summed E-state index contributed by atoms with van der Waals surface area (Å²) in [6.45, 7) is 5.16. The Morgan fingerprint density at radius 3 is 2.46 bits per heavy atom. The van der Waals surface area contributed by atoms with Crippen LogP contribution in [0.15, 0.2) is 72.3 Å². The Labute approximate surface area is 204 Å². The zero-order valence-electron chi connectivity index (χ0n) is 19.7. The number of rotatable bonds is 3. The first kappa shape index (κ1) is 21.8. The van der Waals surface area contributed by atoms with E-state index in [0.29, 0.717) is 36.5 Å². The number of ketones is 1. The van der Waals surface area contributed by atoms with Crippen LogP contribution in [0.1, 0.15) is 58.3 Å². The lowest BCUT2D eigenvalue weighted by Crippen LogP contribution is -2.36. The van der Waals surface area contributed by atoms with Gasteiger partial charge in [-0.2, -0.15) is 5.26 Å². The molecule has 3 aromatic carbocycles. The third-order valence-electron chi connectivity index (χ3n) is 7.30. The van der Waals surface area contributed by atoms with Crippen LogP contribution < -0.4 is 4.74 Å². The summed E-state index contributed by atoms with van der Waals surface area (Å²) in [4.78, 5) is 13.6. The number of nitriles is 1. The van der Waals surface area contributed by atoms with Crippen LogP contribution in [0.5, 0.6) is 5.75 Å². The van der Waals surface area contributed by atoms with Gasteiger partial charge in [-0.05, 0) is 59.0 Å². The number of nitrogens with zero attached hydrogens (tertiary/aromatic N) is 1. The Kier molecular flexibility index (Phi) is 5.10. The zero-order chi connectivity index (χ0) is 24.2. The van der Waals surface area contributed by atoms with E-state index in [1.165, 1.54) is 0 Å². The van der Waals surface area contributed by atoms with Gasteiger partial charge in [-0.25, -0.2) is 0 Å². The van der Waals surface area contributed by atoms with Crippen LogP contribution in [0.4, 0.5) is 0 Å². The van der Waals surface area contributed by atoms with E-state index in [1.54, 1.807) is 6.07 Å². The predicted molar refractivity (Wildman–Crippen MR) is 131 cm³/mol. The van der Waals surface area contributed by atoms with Crippen LogP contribution in [-0.4, -0.2) is 25.1 Å². The van der Waals surface area contributed by atoms with Crippen molar-refractivity contribution < 1.29 is 19.0 Å². The highest BCUT2D eigenvalue weighted by atomic mass is 16.7. The summed E-state index contributed by atoms with van der Waals surface area (Å²) in [6.07, 6.45) is 0.0617. The highest BCUT2D eigenvalue weighted by Crippen LogP contribution is 2.50. The van der Waals surface area contributed by atoms with Gasteiger partial charge >= 0.3 is 0 Å². The second kappa shape index (κ2) is 8.20. The largest absolute Gasteiger partial charge is 0.486 e. The second-order valence-electron chi connectivity index (χ2n) is 9.82. The predicted octanol–water partition coefficient (Wildman–Crippen LogP) is 5.54. The number of fused-ring (bicyclic) bond motifs is 3. The van der Waals surface area contributed by atoms with E-state index in [-0.39, 0.29) is 23.6 Å². The summed E-state index contributed by atoms with van der Waals surface area (Å²) in [5.74, 6) is 0.741. The Hall–Kier alpha value is -3.72. The van der Waals surface area contributed by atoms with Gasteiger partial charge in [-0.3, -0.25) is 4.79 Å². The van der Waals surface area contributed by atoms with E-state index in [4.69, 9.17) is 14.2 Å². The van der Waals surface area contributed by atoms with Crippen molar-refractivity contribution in [2.24, 2.45) is 0 Å². The number of Topliss-reactive ketones (excluding diaryl/α,β-unsaturated/α-hetero) is 1. The minimum atomic E-state index is -0.382. The van der Waals surface area contributed by atoms with Gasteiger partial charge in [-0.1, -0.05) is 50.2 Å². The summed E-state index contributed by atoms with van der Waals surface area (Å²) >= 11 is 0. The van der Waals surface area contributed by atoms with Crippen LogP contribution >= 0.6 is 0 Å². The fourth-order valence-corrected chi connectivity index (χ4v) is 5.45. The first-order valence-electron chi connectivity index (χ1n) is 11.9. The highest BCUT2D eigenvalue weighted by molar-refractivity contribution is 6.33. The molecule has 0 radical (unpaired) electrons. The average Bonchev–Trinajstić information content (AvgIpc) is 3.29. The normalized spacial score (nSPS) is 22.1. The Balaban J connectivity index is 1.24. The smallest absolute Gasteiger partial charge is 0.193 e. The Morgan fingerprint density at radius 1 is 0.971 bits per heavy atom. The van der Waals surface area contributed by atoms with Crippen LogP contribution in [0.2, 0.25) is 0 Å². The molecule has 35 heavy (non-hydrogen) atoms. The van der Waals surface area contributed by atoms with Crippen molar-refractivity contribution >= 4 is 11.4 Å². The fourth-order valence-electron chi connectivity index (χ4n) is 5.45. The molecule has 0 spiro atoms. The summed E-state index contributed by atoms with van der Waals surface area (Å²) in [7, 11) is 0. The monoisotopic (exact) mass is 463 g/mol. The number of ether oxygens (including phenoxy) is 3.